The Labute approximate surface area is 172 Å². The van der Waals surface area contributed by atoms with Crippen LogP contribution in [0.4, 0.5) is 28.4 Å². The van der Waals surface area contributed by atoms with Gasteiger partial charge in [-0.05, 0) is 54.6 Å². The fourth-order valence-corrected chi connectivity index (χ4v) is 5.82. The SMILES string of the molecule is c1ccc2c(c1)Nc1ccc(N3c4ccccc4Sc4ccccc43)cc1S2. The topological polar surface area (TPSA) is 15.3 Å². The van der Waals surface area contributed by atoms with Gasteiger partial charge in [-0.3, -0.25) is 0 Å². The third-order valence-electron chi connectivity index (χ3n) is 5.03. The first-order valence-electron chi connectivity index (χ1n) is 9.21. The molecule has 2 aliphatic heterocycles. The molecule has 0 saturated heterocycles. The number of hydrogen-bond donors (Lipinski definition) is 1. The van der Waals surface area contributed by atoms with E-state index in [9.17, 15) is 0 Å². The molecule has 0 aliphatic carbocycles. The Bertz CT molecular complexity index is 1170. The lowest BCUT2D eigenvalue weighted by molar-refractivity contribution is 1.16. The summed E-state index contributed by atoms with van der Waals surface area (Å²) in [7, 11) is 0. The lowest BCUT2D eigenvalue weighted by Gasteiger charge is -2.33. The van der Waals surface area contributed by atoms with E-state index >= 15 is 0 Å². The van der Waals surface area contributed by atoms with E-state index in [1.165, 1.54) is 48.0 Å². The summed E-state index contributed by atoms with van der Waals surface area (Å²) in [5.41, 5.74) is 6.01. The zero-order valence-electron chi connectivity index (χ0n) is 14.9. The number of nitrogens with zero attached hydrogens (tertiary/aromatic N) is 1. The summed E-state index contributed by atoms with van der Waals surface area (Å²) in [6, 6.07) is 32.5. The van der Waals surface area contributed by atoms with Crippen LogP contribution in [0.15, 0.2) is 111 Å². The van der Waals surface area contributed by atoms with Crippen LogP contribution < -0.4 is 10.2 Å². The first kappa shape index (κ1) is 16.2. The Morgan fingerprint density at radius 3 is 1.86 bits per heavy atom. The third kappa shape index (κ3) is 2.53. The van der Waals surface area contributed by atoms with Crippen LogP contribution in [0.25, 0.3) is 0 Å². The van der Waals surface area contributed by atoms with E-state index in [4.69, 9.17) is 0 Å². The summed E-state index contributed by atoms with van der Waals surface area (Å²) in [5.74, 6) is 0. The molecule has 28 heavy (non-hydrogen) atoms. The third-order valence-corrected chi connectivity index (χ3v) is 7.30. The van der Waals surface area contributed by atoms with Gasteiger partial charge in [0, 0.05) is 25.3 Å². The smallest absolute Gasteiger partial charge is 0.0601 e. The Hall–Kier alpha value is -2.82. The summed E-state index contributed by atoms with van der Waals surface area (Å²) < 4.78 is 0. The van der Waals surface area contributed by atoms with Crippen molar-refractivity contribution in [1.82, 2.24) is 0 Å². The second-order valence-corrected chi connectivity index (χ2v) is 8.94. The van der Waals surface area contributed by atoms with Crippen molar-refractivity contribution >= 4 is 52.0 Å². The largest absolute Gasteiger partial charge is 0.354 e. The lowest BCUT2D eigenvalue weighted by Crippen LogP contribution is -2.15. The molecule has 2 heterocycles. The van der Waals surface area contributed by atoms with Gasteiger partial charge >= 0.3 is 0 Å². The van der Waals surface area contributed by atoms with Gasteiger partial charge in [-0.25, -0.2) is 0 Å². The average Bonchev–Trinajstić information content (AvgIpc) is 2.75. The number of nitrogens with one attached hydrogen (secondary N) is 1. The standard InChI is InChI=1S/C24H16N2S2/c1-4-10-21-17(7-1)25-18-14-13-16(15-24(18)27-21)26-19-8-2-5-11-22(19)28-23-12-6-3-9-20(23)26/h1-15,25H. The molecule has 0 fully saturated rings. The number of hydrogen-bond acceptors (Lipinski definition) is 4. The molecule has 0 atom stereocenters. The van der Waals surface area contributed by atoms with Gasteiger partial charge in [0.05, 0.1) is 22.7 Å². The second-order valence-electron chi connectivity index (χ2n) is 6.78. The summed E-state index contributed by atoms with van der Waals surface area (Å²) >= 11 is 3.67. The molecule has 134 valence electrons. The van der Waals surface area contributed by atoms with E-state index in [1.54, 1.807) is 0 Å². The predicted octanol–water partition coefficient (Wildman–Crippen LogP) is 7.83. The van der Waals surface area contributed by atoms with Crippen LogP contribution in [-0.4, -0.2) is 0 Å². The normalized spacial score (nSPS) is 13.6. The van der Waals surface area contributed by atoms with Crippen LogP contribution in [-0.2, 0) is 0 Å². The van der Waals surface area contributed by atoms with Gasteiger partial charge in [0.15, 0.2) is 0 Å². The van der Waals surface area contributed by atoms with Gasteiger partial charge in [-0.2, -0.15) is 0 Å². The van der Waals surface area contributed by atoms with Crippen molar-refractivity contribution in [3.63, 3.8) is 0 Å². The Kier molecular flexibility index (Phi) is 3.67. The quantitative estimate of drug-likeness (QED) is 0.304. The maximum atomic E-state index is 3.57. The van der Waals surface area contributed by atoms with Crippen LogP contribution in [0.3, 0.4) is 0 Å². The van der Waals surface area contributed by atoms with Crippen molar-refractivity contribution in [1.29, 1.82) is 0 Å². The number of benzene rings is 4. The highest BCUT2D eigenvalue weighted by Crippen LogP contribution is 2.53. The van der Waals surface area contributed by atoms with Gasteiger partial charge in [0.25, 0.3) is 0 Å². The molecule has 1 N–H and O–H groups in total. The molecule has 0 bridgehead atoms. The minimum Gasteiger partial charge on any atom is -0.354 e. The Morgan fingerprint density at radius 1 is 0.536 bits per heavy atom. The molecule has 0 aromatic heterocycles. The molecular weight excluding hydrogens is 380 g/mol. The van der Waals surface area contributed by atoms with Crippen LogP contribution >= 0.6 is 23.5 Å². The van der Waals surface area contributed by atoms with Crippen molar-refractivity contribution in [2.24, 2.45) is 0 Å². The minimum atomic E-state index is 1.17. The fourth-order valence-electron chi connectivity index (χ4n) is 3.74. The van der Waals surface area contributed by atoms with E-state index < -0.39 is 0 Å². The first-order valence-corrected chi connectivity index (χ1v) is 10.8. The van der Waals surface area contributed by atoms with E-state index in [2.05, 4.69) is 101 Å². The summed E-state index contributed by atoms with van der Waals surface area (Å²) in [5, 5.41) is 3.57. The van der Waals surface area contributed by atoms with Crippen LogP contribution in [0.5, 0.6) is 0 Å². The number of fused-ring (bicyclic) bond motifs is 4. The van der Waals surface area contributed by atoms with Gasteiger partial charge in [-0.15, -0.1) is 0 Å². The molecule has 0 unspecified atom stereocenters. The van der Waals surface area contributed by atoms with Crippen LogP contribution in [0, 0.1) is 0 Å². The highest BCUT2D eigenvalue weighted by molar-refractivity contribution is 8.00. The van der Waals surface area contributed by atoms with Crippen LogP contribution in [0.1, 0.15) is 0 Å². The maximum absolute atomic E-state index is 3.57. The molecule has 0 spiro atoms. The van der Waals surface area contributed by atoms with Crippen molar-refractivity contribution in [2.75, 3.05) is 10.2 Å². The summed E-state index contributed by atoms with van der Waals surface area (Å²) in [4.78, 5) is 7.47. The number of rotatable bonds is 1. The highest BCUT2D eigenvalue weighted by atomic mass is 32.2. The molecule has 4 aromatic rings. The van der Waals surface area contributed by atoms with Gasteiger partial charge in [0.1, 0.15) is 0 Å². The van der Waals surface area contributed by atoms with Crippen molar-refractivity contribution in [3.05, 3.63) is 91.0 Å². The van der Waals surface area contributed by atoms with Crippen molar-refractivity contribution in [2.45, 2.75) is 19.6 Å². The molecule has 2 nitrogen and oxygen atoms in total. The predicted molar refractivity (Wildman–Crippen MR) is 119 cm³/mol. The zero-order valence-corrected chi connectivity index (χ0v) is 16.6. The maximum Gasteiger partial charge on any atom is 0.0601 e. The molecule has 4 heteroatoms. The highest BCUT2D eigenvalue weighted by Gasteiger charge is 2.25. The van der Waals surface area contributed by atoms with Gasteiger partial charge in [0.2, 0.25) is 0 Å². The average molecular weight is 397 g/mol. The molecule has 4 aromatic carbocycles. The van der Waals surface area contributed by atoms with E-state index in [-0.39, 0.29) is 0 Å². The van der Waals surface area contributed by atoms with E-state index in [0.29, 0.717) is 0 Å². The number of para-hydroxylation sites is 3. The zero-order chi connectivity index (χ0) is 18.5. The van der Waals surface area contributed by atoms with E-state index in [0.717, 1.165) is 0 Å². The van der Waals surface area contributed by atoms with Crippen molar-refractivity contribution in [3.8, 4) is 0 Å². The van der Waals surface area contributed by atoms with Gasteiger partial charge < -0.3 is 10.2 Å². The number of anilines is 5. The molecule has 2 aliphatic rings. The summed E-state index contributed by atoms with van der Waals surface area (Å²) in [6.07, 6.45) is 0. The summed E-state index contributed by atoms with van der Waals surface area (Å²) in [6.45, 7) is 0. The second kappa shape index (κ2) is 6.36. The molecular formula is C24H16N2S2. The molecule has 0 radical (unpaired) electrons. The fraction of sp³-hybridized carbons (Fsp3) is 0. The Balaban J connectivity index is 1.50. The van der Waals surface area contributed by atoms with Crippen LogP contribution in [0.2, 0.25) is 0 Å². The van der Waals surface area contributed by atoms with Crippen molar-refractivity contribution < 1.29 is 0 Å². The Morgan fingerprint density at radius 2 is 1.11 bits per heavy atom. The van der Waals surface area contributed by atoms with E-state index in [1.807, 2.05) is 23.5 Å². The molecule has 0 amide bonds. The molecule has 0 saturated carbocycles. The first-order chi connectivity index (χ1) is 13.9. The minimum absolute atomic E-state index is 1.17. The molecule has 6 rings (SSSR count). The monoisotopic (exact) mass is 396 g/mol. The lowest BCUT2D eigenvalue weighted by atomic mass is 10.1. The van der Waals surface area contributed by atoms with Gasteiger partial charge in [-0.1, -0.05) is 59.9 Å².